The summed E-state index contributed by atoms with van der Waals surface area (Å²) in [6, 6.07) is 7.58. The van der Waals surface area contributed by atoms with Crippen LogP contribution in [0.25, 0.3) is 16.8 Å². The molecule has 0 spiro atoms. The third-order valence-electron chi connectivity index (χ3n) is 3.99. The molecule has 0 bridgehead atoms. The van der Waals surface area contributed by atoms with Gasteiger partial charge in [0, 0.05) is 24.8 Å². The van der Waals surface area contributed by atoms with Crippen LogP contribution in [0.15, 0.2) is 36.4 Å². The van der Waals surface area contributed by atoms with Gasteiger partial charge < -0.3 is 14.8 Å². The van der Waals surface area contributed by atoms with Gasteiger partial charge in [0.25, 0.3) is 0 Å². The highest BCUT2D eigenvalue weighted by Crippen LogP contribution is 2.30. The number of ether oxygens (including phenoxy) is 2. The standard InChI is InChI=1S/C19H19F2N5O3/c1-11(10-28-3)22-19(27)29-16-7-13(17-5-4-14(20)8-18(17)21)6-15(9-16)26-12(2)23-24-25-26/h4-9,11H,10H2,1-3H3,(H,22,27). The first-order valence-corrected chi connectivity index (χ1v) is 8.70. The highest BCUT2D eigenvalue weighted by Gasteiger charge is 2.15. The van der Waals surface area contributed by atoms with Crippen LogP contribution in [0.4, 0.5) is 13.6 Å². The van der Waals surface area contributed by atoms with Crippen LogP contribution in [-0.2, 0) is 4.74 Å². The summed E-state index contributed by atoms with van der Waals surface area (Å²) in [5, 5.41) is 13.9. The summed E-state index contributed by atoms with van der Waals surface area (Å²) in [5.41, 5.74) is 0.945. The summed E-state index contributed by atoms with van der Waals surface area (Å²) in [7, 11) is 1.52. The summed E-state index contributed by atoms with van der Waals surface area (Å²) in [6.45, 7) is 3.75. The van der Waals surface area contributed by atoms with E-state index >= 15 is 0 Å². The third-order valence-corrected chi connectivity index (χ3v) is 3.99. The van der Waals surface area contributed by atoms with E-state index < -0.39 is 17.7 Å². The molecule has 1 N–H and O–H groups in total. The Morgan fingerprint density at radius 2 is 2.03 bits per heavy atom. The van der Waals surface area contributed by atoms with Crippen LogP contribution in [0.3, 0.4) is 0 Å². The number of aromatic nitrogens is 4. The van der Waals surface area contributed by atoms with Gasteiger partial charge in [-0.05, 0) is 54.1 Å². The van der Waals surface area contributed by atoms with Gasteiger partial charge in [0.05, 0.1) is 18.3 Å². The molecule has 3 rings (SSSR count). The molecule has 1 unspecified atom stereocenters. The second-order valence-corrected chi connectivity index (χ2v) is 6.37. The maximum Gasteiger partial charge on any atom is 0.412 e. The number of carbonyl (C=O) groups is 1. The molecule has 8 nitrogen and oxygen atoms in total. The predicted molar refractivity (Wildman–Crippen MR) is 99.7 cm³/mol. The zero-order valence-electron chi connectivity index (χ0n) is 16.0. The first-order chi connectivity index (χ1) is 13.9. The van der Waals surface area contributed by atoms with E-state index in [4.69, 9.17) is 9.47 Å². The molecule has 0 aliphatic rings. The minimum Gasteiger partial charge on any atom is -0.410 e. The summed E-state index contributed by atoms with van der Waals surface area (Å²) in [5.74, 6) is -0.828. The van der Waals surface area contributed by atoms with Gasteiger partial charge >= 0.3 is 6.09 Å². The van der Waals surface area contributed by atoms with Gasteiger partial charge in [0.1, 0.15) is 17.4 Å². The molecular weight excluding hydrogens is 384 g/mol. The Labute approximate surface area is 165 Å². The number of benzene rings is 2. The van der Waals surface area contributed by atoms with Crippen LogP contribution < -0.4 is 10.1 Å². The molecular formula is C19H19F2N5O3. The van der Waals surface area contributed by atoms with E-state index in [0.717, 1.165) is 12.1 Å². The smallest absolute Gasteiger partial charge is 0.410 e. The fraction of sp³-hybridized carbons (Fsp3) is 0.263. The molecule has 0 aliphatic carbocycles. The van der Waals surface area contributed by atoms with Crippen LogP contribution in [-0.4, -0.2) is 46.1 Å². The van der Waals surface area contributed by atoms with Crippen molar-refractivity contribution in [1.29, 1.82) is 0 Å². The van der Waals surface area contributed by atoms with Crippen molar-refractivity contribution in [3.63, 3.8) is 0 Å². The number of carbonyl (C=O) groups excluding carboxylic acids is 1. The molecule has 0 fully saturated rings. The molecule has 2 aromatic carbocycles. The summed E-state index contributed by atoms with van der Waals surface area (Å²) >= 11 is 0. The average Bonchev–Trinajstić information content (AvgIpc) is 3.07. The van der Waals surface area contributed by atoms with Crippen molar-refractivity contribution in [3.8, 4) is 22.6 Å². The van der Waals surface area contributed by atoms with Crippen LogP contribution >= 0.6 is 0 Å². The normalized spacial score (nSPS) is 11.9. The lowest BCUT2D eigenvalue weighted by molar-refractivity contribution is 0.159. The zero-order chi connectivity index (χ0) is 21.0. The van der Waals surface area contributed by atoms with Crippen molar-refractivity contribution in [3.05, 3.63) is 53.9 Å². The molecule has 0 aliphatic heterocycles. The van der Waals surface area contributed by atoms with Crippen LogP contribution in [0, 0.1) is 18.6 Å². The van der Waals surface area contributed by atoms with Gasteiger partial charge in [-0.3, -0.25) is 0 Å². The first-order valence-electron chi connectivity index (χ1n) is 8.70. The zero-order valence-corrected chi connectivity index (χ0v) is 16.0. The summed E-state index contributed by atoms with van der Waals surface area (Å²) < 4.78 is 39.3. The lowest BCUT2D eigenvalue weighted by Crippen LogP contribution is -2.37. The number of halogens is 2. The molecule has 1 atom stereocenters. The molecule has 1 heterocycles. The molecule has 1 amide bonds. The Balaban J connectivity index is 1.99. The van der Waals surface area contributed by atoms with Crippen molar-refractivity contribution >= 4 is 6.09 Å². The lowest BCUT2D eigenvalue weighted by Gasteiger charge is -2.14. The fourth-order valence-electron chi connectivity index (χ4n) is 2.74. The Morgan fingerprint density at radius 3 is 2.69 bits per heavy atom. The van der Waals surface area contributed by atoms with Crippen LogP contribution in [0.5, 0.6) is 5.75 Å². The second kappa shape index (κ2) is 8.74. The number of aryl methyl sites for hydroxylation is 1. The first kappa shape index (κ1) is 20.3. The molecule has 1 aromatic heterocycles. The third kappa shape index (κ3) is 4.91. The molecule has 0 saturated carbocycles. The highest BCUT2D eigenvalue weighted by molar-refractivity contribution is 5.74. The Morgan fingerprint density at radius 1 is 1.24 bits per heavy atom. The van der Waals surface area contributed by atoms with Crippen LogP contribution in [0.1, 0.15) is 12.7 Å². The topological polar surface area (TPSA) is 91.2 Å². The second-order valence-electron chi connectivity index (χ2n) is 6.37. The monoisotopic (exact) mass is 403 g/mol. The Kier molecular flexibility index (Phi) is 6.13. The molecule has 0 radical (unpaired) electrons. The van der Waals surface area contributed by atoms with Gasteiger partial charge in [0.2, 0.25) is 0 Å². The van der Waals surface area contributed by atoms with Crippen LogP contribution in [0.2, 0.25) is 0 Å². The van der Waals surface area contributed by atoms with Crippen molar-refractivity contribution in [1.82, 2.24) is 25.5 Å². The molecule has 29 heavy (non-hydrogen) atoms. The van der Waals surface area contributed by atoms with E-state index in [2.05, 4.69) is 20.8 Å². The Hall–Kier alpha value is -3.40. The number of amides is 1. The van der Waals surface area contributed by atoms with E-state index in [1.165, 1.54) is 30.0 Å². The van der Waals surface area contributed by atoms with Gasteiger partial charge in [0.15, 0.2) is 5.82 Å². The summed E-state index contributed by atoms with van der Waals surface area (Å²) in [6.07, 6.45) is -0.703. The van der Waals surface area contributed by atoms with E-state index in [1.807, 2.05) is 0 Å². The Bertz CT molecular complexity index is 1020. The highest BCUT2D eigenvalue weighted by atomic mass is 19.1. The molecule has 0 saturated heterocycles. The summed E-state index contributed by atoms with van der Waals surface area (Å²) in [4.78, 5) is 12.2. The van der Waals surface area contributed by atoms with Gasteiger partial charge in [-0.25, -0.2) is 13.6 Å². The maximum absolute atomic E-state index is 14.3. The van der Waals surface area contributed by atoms with E-state index in [-0.39, 0.29) is 17.4 Å². The fourth-order valence-corrected chi connectivity index (χ4v) is 2.74. The number of hydrogen-bond acceptors (Lipinski definition) is 6. The number of tetrazole rings is 1. The predicted octanol–water partition coefficient (Wildman–Crippen LogP) is 3.04. The largest absolute Gasteiger partial charge is 0.412 e. The number of nitrogens with one attached hydrogen (secondary N) is 1. The minimum atomic E-state index is -0.750. The van der Waals surface area contributed by atoms with Crippen molar-refractivity contribution in [2.24, 2.45) is 0 Å². The average molecular weight is 403 g/mol. The lowest BCUT2D eigenvalue weighted by atomic mass is 10.0. The van der Waals surface area contributed by atoms with Crippen molar-refractivity contribution in [2.45, 2.75) is 19.9 Å². The van der Waals surface area contributed by atoms with Gasteiger partial charge in [-0.1, -0.05) is 0 Å². The number of hydrogen-bond donors (Lipinski definition) is 1. The minimum absolute atomic E-state index is 0.136. The van der Waals surface area contributed by atoms with Crippen molar-refractivity contribution in [2.75, 3.05) is 13.7 Å². The van der Waals surface area contributed by atoms with E-state index in [0.29, 0.717) is 23.7 Å². The number of nitrogens with zero attached hydrogens (tertiary/aromatic N) is 4. The van der Waals surface area contributed by atoms with Gasteiger partial charge in [-0.15, -0.1) is 5.10 Å². The van der Waals surface area contributed by atoms with E-state index in [9.17, 15) is 13.6 Å². The van der Waals surface area contributed by atoms with Gasteiger partial charge in [-0.2, -0.15) is 4.68 Å². The molecule has 152 valence electrons. The molecule has 10 heteroatoms. The van der Waals surface area contributed by atoms with Crippen molar-refractivity contribution < 1.29 is 23.0 Å². The molecule has 3 aromatic rings. The number of methoxy groups -OCH3 is 1. The quantitative estimate of drug-likeness (QED) is 0.680. The van der Waals surface area contributed by atoms with E-state index in [1.54, 1.807) is 19.9 Å². The SMILES string of the molecule is COCC(C)NC(=O)Oc1cc(-c2ccc(F)cc2F)cc(-n2nnnc2C)c1. The number of rotatable bonds is 6. The maximum atomic E-state index is 14.3.